The molecule has 1 amide bonds. The van der Waals surface area contributed by atoms with Crippen LogP contribution in [0, 0.1) is 12.8 Å². The van der Waals surface area contributed by atoms with Gasteiger partial charge in [-0.3, -0.25) is 14.7 Å². The summed E-state index contributed by atoms with van der Waals surface area (Å²) in [7, 11) is 1.81. The Morgan fingerprint density at radius 2 is 1.93 bits per heavy atom. The summed E-state index contributed by atoms with van der Waals surface area (Å²) in [5, 5.41) is 6.76. The predicted octanol–water partition coefficient (Wildman–Crippen LogP) is 2.06. The normalized spacial score (nSPS) is 19.5. The molecule has 0 spiro atoms. The smallest absolute Gasteiger partial charge is 0.225 e. The van der Waals surface area contributed by atoms with Gasteiger partial charge in [0.25, 0.3) is 0 Å². The molecule has 1 aliphatic carbocycles. The molecule has 2 fully saturated rings. The van der Waals surface area contributed by atoms with Gasteiger partial charge in [-0.1, -0.05) is 12.8 Å². The average Bonchev–Trinajstić information content (AvgIpc) is 3.36. The highest BCUT2D eigenvalue weighted by Gasteiger charge is 2.29. The maximum Gasteiger partial charge on any atom is 0.225 e. The van der Waals surface area contributed by atoms with Crippen LogP contribution in [0.5, 0.6) is 0 Å². The maximum atomic E-state index is 12.5. The van der Waals surface area contributed by atoms with Crippen LogP contribution in [0.2, 0.25) is 0 Å². The molecule has 0 bridgehead atoms. The number of carbonyl (C=O) groups is 1. The van der Waals surface area contributed by atoms with Gasteiger partial charge in [0.1, 0.15) is 0 Å². The molecule has 1 aromatic heterocycles. The largest absolute Gasteiger partial charge is 0.355 e. The van der Waals surface area contributed by atoms with Crippen LogP contribution in [0.3, 0.4) is 0 Å². The van der Waals surface area contributed by atoms with Crippen molar-refractivity contribution in [1.82, 2.24) is 20.4 Å². The summed E-state index contributed by atoms with van der Waals surface area (Å²) in [5.74, 6) is 1.55. The minimum absolute atomic E-state index is 0.305. The van der Waals surface area contributed by atoms with Gasteiger partial charge >= 0.3 is 0 Å². The first-order valence-corrected chi connectivity index (χ1v) is 11.0. The number of piperazine rings is 1. The van der Waals surface area contributed by atoms with Gasteiger partial charge in [-0.05, 0) is 31.9 Å². The van der Waals surface area contributed by atoms with Crippen molar-refractivity contribution in [3.05, 3.63) is 21.9 Å². The molecule has 0 unspecified atom stereocenters. The molecule has 1 aromatic rings. The van der Waals surface area contributed by atoms with E-state index < -0.39 is 0 Å². The molecular weight excluding hydrogens is 358 g/mol. The van der Waals surface area contributed by atoms with Gasteiger partial charge in [0.05, 0.1) is 6.54 Å². The van der Waals surface area contributed by atoms with E-state index in [9.17, 15) is 4.79 Å². The molecule has 6 nitrogen and oxygen atoms in total. The number of hydrogen-bond donors (Lipinski definition) is 2. The molecule has 2 N–H and O–H groups in total. The SMILES string of the molecule is CN=C(NCCN1CCN(C(=O)C2CCCC2)CC1)NCc1ccc(C)s1. The molecule has 1 aliphatic heterocycles. The lowest BCUT2D eigenvalue weighted by Crippen LogP contribution is -2.51. The highest BCUT2D eigenvalue weighted by Crippen LogP contribution is 2.26. The maximum absolute atomic E-state index is 12.5. The van der Waals surface area contributed by atoms with Crippen molar-refractivity contribution in [2.45, 2.75) is 39.2 Å². The molecule has 150 valence electrons. The first-order chi connectivity index (χ1) is 13.2. The molecule has 27 heavy (non-hydrogen) atoms. The summed E-state index contributed by atoms with van der Waals surface area (Å²) >= 11 is 1.81. The molecule has 1 saturated carbocycles. The molecular formula is C20H33N5OS. The summed E-state index contributed by atoms with van der Waals surface area (Å²) in [4.78, 5) is 24.0. The first-order valence-electron chi connectivity index (χ1n) is 10.2. The number of amides is 1. The summed E-state index contributed by atoms with van der Waals surface area (Å²) in [6.45, 7) is 8.47. The molecule has 1 saturated heterocycles. The molecule has 0 radical (unpaired) electrons. The summed E-state index contributed by atoms with van der Waals surface area (Å²) in [5.41, 5.74) is 0. The van der Waals surface area contributed by atoms with Crippen LogP contribution < -0.4 is 10.6 Å². The topological polar surface area (TPSA) is 60.0 Å². The second-order valence-electron chi connectivity index (χ2n) is 7.51. The van der Waals surface area contributed by atoms with Crippen molar-refractivity contribution in [3.63, 3.8) is 0 Å². The number of rotatable bonds is 6. The van der Waals surface area contributed by atoms with Gasteiger partial charge < -0.3 is 15.5 Å². The number of nitrogens with one attached hydrogen (secondary N) is 2. The van der Waals surface area contributed by atoms with E-state index in [4.69, 9.17) is 0 Å². The number of hydrogen-bond acceptors (Lipinski definition) is 4. The van der Waals surface area contributed by atoms with Crippen molar-refractivity contribution >= 4 is 23.2 Å². The van der Waals surface area contributed by atoms with E-state index in [0.717, 1.165) is 64.6 Å². The number of aryl methyl sites for hydroxylation is 1. The van der Waals surface area contributed by atoms with E-state index in [0.29, 0.717) is 11.8 Å². The van der Waals surface area contributed by atoms with Crippen LogP contribution >= 0.6 is 11.3 Å². The second kappa shape index (κ2) is 10.1. The lowest BCUT2D eigenvalue weighted by molar-refractivity contribution is -0.137. The fourth-order valence-electron chi connectivity index (χ4n) is 3.93. The molecule has 0 atom stereocenters. The summed E-state index contributed by atoms with van der Waals surface area (Å²) in [6, 6.07) is 4.31. The highest BCUT2D eigenvalue weighted by molar-refractivity contribution is 7.11. The lowest BCUT2D eigenvalue weighted by Gasteiger charge is -2.36. The number of nitrogens with zero attached hydrogens (tertiary/aromatic N) is 3. The number of guanidine groups is 1. The Kier molecular flexibility index (Phi) is 7.52. The summed E-state index contributed by atoms with van der Waals surface area (Å²) in [6.07, 6.45) is 4.65. The van der Waals surface area contributed by atoms with Gasteiger partial charge in [0.15, 0.2) is 5.96 Å². The molecule has 2 aliphatic rings. The molecule has 0 aromatic carbocycles. The Labute approximate surface area is 167 Å². The quantitative estimate of drug-likeness (QED) is 0.576. The lowest BCUT2D eigenvalue weighted by atomic mass is 10.1. The second-order valence-corrected chi connectivity index (χ2v) is 8.89. The first kappa shape index (κ1) is 20.1. The zero-order valence-corrected chi connectivity index (χ0v) is 17.5. The standard InChI is InChI=1S/C20H33N5OS/c1-16-7-8-18(27-16)15-23-20(21-2)22-9-10-24-11-13-25(14-12-24)19(26)17-5-3-4-6-17/h7-8,17H,3-6,9-15H2,1-2H3,(H2,21,22,23). The predicted molar refractivity (Wildman–Crippen MR) is 112 cm³/mol. The van der Waals surface area contributed by atoms with Gasteiger partial charge in [-0.2, -0.15) is 0 Å². The Balaban J connectivity index is 1.31. The van der Waals surface area contributed by atoms with Crippen LogP contribution in [-0.4, -0.2) is 68.0 Å². The molecule has 3 rings (SSSR count). The van der Waals surface area contributed by atoms with Crippen LogP contribution in [-0.2, 0) is 11.3 Å². The fourth-order valence-corrected chi connectivity index (χ4v) is 4.76. The van der Waals surface area contributed by atoms with E-state index in [2.05, 4.69) is 44.5 Å². The summed E-state index contributed by atoms with van der Waals surface area (Å²) < 4.78 is 0. The van der Waals surface area contributed by atoms with Crippen molar-refractivity contribution in [1.29, 1.82) is 0 Å². The van der Waals surface area contributed by atoms with Gasteiger partial charge in [0, 0.05) is 62.0 Å². The van der Waals surface area contributed by atoms with Gasteiger partial charge in [-0.25, -0.2) is 0 Å². The molecule has 7 heteroatoms. The van der Waals surface area contributed by atoms with Crippen molar-refractivity contribution in [2.75, 3.05) is 46.3 Å². The third-order valence-electron chi connectivity index (χ3n) is 5.56. The van der Waals surface area contributed by atoms with E-state index in [1.807, 2.05) is 18.4 Å². The van der Waals surface area contributed by atoms with E-state index in [1.54, 1.807) is 0 Å². The van der Waals surface area contributed by atoms with Crippen LogP contribution in [0.1, 0.15) is 35.4 Å². The Bertz CT molecular complexity index is 630. The highest BCUT2D eigenvalue weighted by atomic mass is 32.1. The minimum Gasteiger partial charge on any atom is -0.355 e. The Morgan fingerprint density at radius 3 is 2.56 bits per heavy atom. The molecule has 2 heterocycles. The van der Waals surface area contributed by atoms with Gasteiger partial charge in [-0.15, -0.1) is 11.3 Å². The zero-order valence-electron chi connectivity index (χ0n) is 16.7. The van der Waals surface area contributed by atoms with Crippen LogP contribution in [0.25, 0.3) is 0 Å². The monoisotopic (exact) mass is 391 g/mol. The van der Waals surface area contributed by atoms with Crippen molar-refractivity contribution in [3.8, 4) is 0 Å². The van der Waals surface area contributed by atoms with Gasteiger partial charge in [0.2, 0.25) is 5.91 Å². The van der Waals surface area contributed by atoms with Crippen molar-refractivity contribution < 1.29 is 4.79 Å². The number of thiophene rings is 1. The number of carbonyl (C=O) groups excluding carboxylic acids is 1. The zero-order chi connectivity index (χ0) is 19.1. The van der Waals surface area contributed by atoms with E-state index in [1.165, 1.54) is 22.6 Å². The number of aliphatic imine (C=N–C) groups is 1. The minimum atomic E-state index is 0.305. The van der Waals surface area contributed by atoms with E-state index in [-0.39, 0.29) is 0 Å². The Morgan fingerprint density at radius 1 is 1.19 bits per heavy atom. The van der Waals surface area contributed by atoms with Crippen molar-refractivity contribution in [2.24, 2.45) is 10.9 Å². The van der Waals surface area contributed by atoms with E-state index >= 15 is 0 Å². The average molecular weight is 392 g/mol. The fraction of sp³-hybridized carbons (Fsp3) is 0.700. The van der Waals surface area contributed by atoms with Crippen LogP contribution in [0.4, 0.5) is 0 Å². The Hall–Kier alpha value is -1.60. The third-order valence-corrected chi connectivity index (χ3v) is 6.56. The third kappa shape index (κ3) is 5.94. The van der Waals surface area contributed by atoms with Crippen LogP contribution in [0.15, 0.2) is 17.1 Å².